The third kappa shape index (κ3) is 6.27. The molecule has 0 fully saturated rings. The van der Waals surface area contributed by atoms with Crippen LogP contribution in [0.4, 0.5) is 0 Å². The molecular formula is C49H46N2O2. The van der Waals surface area contributed by atoms with Gasteiger partial charge in [-0.05, 0) is 128 Å². The lowest BCUT2D eigenvalue weighted by molar-refractivity contribution is 0.473. The van der Waals surface area contributed by atoms with Gasteiger partial charge >= 0.3 is 0 Å². The highest BCUT2D eigenvalue weighted by molar-refractivity contribution is 6.03. The van der Waals surface area contributed by atoms with Crippen molar-refractivity contribution < 1.29 is 9.52 Å². The Balaban J connectivity index is 1.40. The van der Waals surface area contributed by atoms with Gasteiger partial charge < -0.3 is 9.52 Å². The van der Waals surface area contributed by atoms with Gasteiger partial charge in [-0.15, -0.1) is 0 Å². The van der Waals surface area contributed by atoms with Crippen LogP contribution in [0.15, 0.2) is 120 Å². The number of fused-ring (bicyclic) bond motifs is 3. The monoisotopic (exact) mass is 694 g/mol. The van der Waals surface area contributed by atoms with E-state index in [9.17, 15) is 5.11 Å². The van der Waals surface area contributed by atoms with E-state index in [0.29, 0.717) is 28.9 Å². The van der Waals surface area contributed by atoms with Gasteiger partial charge in [-0.1, -0.05) is 109 Å². The first-order valence-corrected chi connectivity index (χ1v) is 18.7. The molecule has 8 rings (SSSR count). The van der Waals surface area contributed by atoms with Crippen molar-refractivity contribution in [3.63, 3.8) is 0 Å². The molecule has 0 aliphatic carbocycles. The first-order valence-electron chi connectivity index (χ1n) is 18.7. The molecule has 8 aromatic rings. The SMILES string of the molecule is Cc1cc(-c2cc(-c3cccc4ccccc34)cc3oc(-c4cc(C(C)(C)C)ccc4O)nc23)cc(-c2cc(C(C)C)cc3c(C(C)C)ccnc23)c1. The van der Waals surface area contributed by atoms with Crippen LogP contribution in [-0.2, 0) is 5.41 Å². The van der Waals surface area contributed by atoms with E-state index in [2.05, 4.69) is 146 Å². The number of hydrogen-bond acceptors (Lipinski definition) is 4. The summed E-state index contributed by atoms with van der Waals surface area (Å²) in [4.78, 5) is 10.1. The maximum atomic E-state index is 11.1. The van der Waals surface area contributed by atoms with Gasteiger partial charge in [0.05, 0.1) is 11.1 Å². The van der Waals surface area contributed by atoms with E-state index in [1.807, 2.05) is 18.3 Å². The summed E-state index contributed by atoms with van der Waals surface area (Å²) in [6.45, 7) is 17.7. The largest absolute Gasteiger partial charge is 0.507 e. The number of aryl methyl sites for hydroxylation is 1. The number of phenolic OH excluding ortho intramolecular Hbond substituents is 1. The lowest BCUT2D eigenvalue weighted by Crippen LogP contribution is -2.10. The zero-order valence-electron chi connectivity index (χ0n) is 31.9. The topological polar surface area (TPSA) is 59.2 Å². The van der Waals surface area contributed by atoms with Crippen LogP contribution in [0.3, 0.4) is 0 Å². The Morgan fingerprint density at radius 3 is 2.08 bits per heavy atom. The van der Waals surface area contributed by atoms with Crippen molar-refractivity contribution in [1.82, 2.24) is 9.97 Å². The first kappa shape index (κ1) is 34.4. The molecule has 0 saturated heterocycles. The summed E-state index contributed by atoms with van der Waals surface area (Å²) in [5, 5.41) is 14.7. The Bertz CT molecular complexity index is 2680. The summed E-state index contributed by atoms with van der Waals surface area (Å²) >= 11 is 0. The van der Waals surface area contributed by atoms with E-state index >= 15 is 0 Å². The Kier molecular flexibility index (Phi) is 8.45. The van der Waals surface area contributed by atoms with Crippen LogP contribution in [0.5, 0.6) is 5.75 Å². The normalized spacial score (nSPS) is 12.2. The summed E-state index contributed by atoms with van der Waals surface area (Å²) in [6, 6.07) is 38.6. The Labute approximate surface area is 312 Å². The molecule has 0 bridgehead atoms. The third-order valence-electron chi connectivity index (χ3n) is 10.6. The average molecular weight is 695 g/mol. The Hall–Kier alpha value is -5.74. The molecule has 2 aromatic heterocycles. The minimum Gasteiger partial charge on any atom is -0.507 e. The van der Waals surface area contributed by atoms with Crippen LogP contribution >= 0.6 is 0 Å². The van der Waals surface area contributed by atoms with E-state index in [1.54, 1.807) is 6.07 Å². The zero-order valence-corrected chi connectivity index (χ0v) is 31.9. The summed E-state index contributed by atoms with van der Waals surface area (Å²) in [6.07, 6.45) is 1.95. The molecule has 6 aromatic carbocycles. The number of aromatic hydroxyl groups is 1. The number of hydrogen-bond donors (Lipinski definition) is 1. The van der Waals surface area contributed by atoms with Crippen molar-refractivity contribution in [3.8, 4) is 50.6 Å². The van der Waals surface area contributed by atoms with Gasteiger partial charge in [-0.3, -0.25) is 4.98 Å². The third-order valence-corrected chi connectivity index (χ3v) is 10.6. The number of oxazole rings is 1. The maximum absolute atomic E-state index is 11.1. The van der Waals surface area contributed by atoms with Crippen LogP contribution in [0, 0.1) is 6.92 Å². The number of nitrogens with zero attached hydrogens (tertiary/aromatic N) is 2. The molecular weight excluding hydrogens is 649 g/mol. The molecule has 0 atom stereocenters. The van der Waals surface area contributed by atoms with Crippen molar-refractivity contribution in [3.05, 3.63) is 138 Å². The predicted molar refractivity (Wildman–Crippen MR) is 222 cm³/mol. The fourth-order valence-corrected chi connectivity index (χ4v) is 7.62. The van der Waals surface area contributed by atoms with Crippen molar-refractivity contribution in [1.29, 1.82) is 0 Å². The smallest absolute Gasteiger partial charge is 0.231 e. The number of benzene rings is 6. The van der Waals surface area contributed by atoms with Gasteiger partial charge in [0.1, 0.15) is 11.3 Å². The number of aromatic nitrogens is 2. The zero-order chi connectivity index (χ0) is 37.2. The van der Waals surface area contributed by atoms with Gasteiger partial charge in [-0.2, -0.15) is 0 Å². The van der Waals surface area contributed by atoms with Crippen LogP contribution in [-0.4, -0.2) is 15.1 Å². The number of rotatable bonds is 6. The Morgan fingerprint density at radius 2 is 1.34 bits per heavy atom. The maximum Gasteiger partial charge on any atom is 0.231 e. The molecule has 0 aliphatic rings. The van der Waals surface area contributed by atoms with Crippen LogP contribution in [0.2, 0.25) is 0 Å². The molecule has 264 valence electrons. The highest BCUT2D eigenvalue weighted by atomic mass is 16.3. The Morgan fingerprint density at radius 1 is 0.623 bits per heavy atom. The predicted octanol–water partition coefficient (Wildman–Crippen LogP) is 13.8. The molecule has 2 heterocycles. The molecule has 53 heavy (non-hydrogen) atoms. The molecule has 1 N–H and O–H groups in total. The van der Waals surface area contributed by atoms with E-state index < -0.39 is 0 Å². The second kappa shape index (κ2) is 13.0. The number of pyridine rings is 1. The first-order chi connectivity index (χ1) is 25.4. The number of phenols is 1. The fourth-order valence-electron chi connectivity index (χ4n) is 7.62. The van der Waals surface area contributed by atoms with Gasteiger partial charge in [0.25, 0.3) is 0 Å². The highest BCUT2D eigenvalue weighted by Gasteiger charge is 2.22. The fraction of sp³-hybridized carbons (Fsp3) is 0.224. The summed E-state index contributed by atoms with van der Waals surface area (Å²) in [5.74, 6) is 1.28. The standard InChI is InChI=1S/C49H46N2O2/c1-28(2)32-23-40(46-42(24-32)37(29(3)4)18-19-50-46)33-20-30(5)21-34(22-33)41-25-35(39-15-11-13-31-12-9-10-14-38(31)39)26-45-47(41)51-48(53-45)43-27-36(49(6,7)8)16-17-44(43)52/h9-29,52H,1-8H3. The summed E-state index contributed by atoms with van der Waals surface area (Å²) in [5.41, 5.74) is 14.2. The summed E-state index contributed by atoms with van der Waals surface area (Å²) < 4.78 is 6.64. The van der Waals surface area contributed by atoms with Crippen molar-refractivity contribution in [2.75, 3.05) is 0 Å². The van der Waals surface area contributed by atoms with Crippen molar-refractivity contribution in [2.24, 2.45) is 0 Å². The second-order valence-corrected chi connectivity index (χ2v) is 16.2. The lowest BCUT2D eigenvalue weighted by atomic mass is 9.86. The van der Waals surface area contributed by atoms with E-state index in [4.69, 9.17) is 14.4 Å². The van der Waals surface area contributed by atoms with E-state index in [-0.39, 0.29) is 11.2 Å². The molecule has 4 heteroatoms. The molecule has 4 nitrogen and oxygen atoms in total. The molecule has 0 aliphatic heterocycles. The van der Waals surface area contributed by atoms with E-state index in [1.165, 1.54) is 27.3 Å². The van der Waals surface area contributed by atoms with Crippen LogP contribution in [0.1, 0.15) is 82.6 Å². The van der Waals surface area contributed by atoms with Gasteiger partial charge in [0, 0.05) is 22.7 Å². The quantitative estimate of drug-likeness (QED) is 0.188. The molecule has 0 unspecified atom stereocenters. The van der Waals surface area contributed by atoms with Crippen molar-refractivity contribution in [2.45, 2.75) is 72.6 Å². The molecule has 0 radical (unpaired) electrons. The van der Waals surface area contributed by atoms with Gasteiger partial charge in [-0.25, -0.2) is 4.98 Å². The minimum absolute atomic E-state index is 0.110. The molecule has 0 saturated carbocycles. The second-order valence-electron chi connectivity index (χ2n) is 16.2. The molecule has 0 amide bonds. The van der Waals surface area contributed by atoms with Crippen molar-refractivity contribution >= 4 is 32.8 Å². The lowest BCUT2D eigenvalue weighted by Gasteiger charge is -2.19. The summed E-state index contributed by atoms with van der Waals surface area (Å²) in [7, 11) is 0. The van der Waals surface area contributed by atoms with E-state index in [0.717, 1.165) is 55.5 Å². The minimum atomic E-state index is -0.110. The molecule has 0 spiro atoms. The highest BCUT2D eigenvalue weighted by Crippen LogP contribution is 2.43. The van der Waals surface area contributed by atoms with Crippen LogP contribution in [0.25, 0.3) is 77.6 Å². The van der Waals surface area contributed by atoms with Gasteiger partial charge in [0.15, 0.2) is 5.58 Å². The average Bonchev–Trinajstić information content (AvgIpc) is 3.57. The van der Waals surface area contributed by atoms with Crippen LogP contribution < -0.4 is 0 Å². The van der Waals surface area contributed by atoms with Gasteiger partial charge in [0.2, 0.25) is 5.89 Å².